The number of hydrogen-bond acceptors (Lipinski definition) is 2. The predicted molar refractivity (Wildman–Crippen MR) is 83.4 cm³/mol. The molecule has 106 valence electrons. The lowest BCUT2D eigenvalue weighted by Crippen LogP contribution is -2.33. The molecule has 3 atom stereocenters. The summed E-state index contributed by atoms with van der Waals surface area (Å²) < 4.78 is 0. The first-order chi connectivity index (χ1) is 9.04. The van der Waals surface area contributed by atoms with Gasteiger partial charge in [-0.05, 0) is 56.5 Å². The van der Waals surface area contributed by atoms with Crippen molar-refractivity contribution < 1.29 is 0 Å². The monoisotopic (exact) mass is 260 g/mol. The number of nitrogens with zero attached hydrogens (tertiary/aromatic N) is 1. The molecule has 1 aliphatic rings. The van der Waals surface area contributed by atoms with Gasteiger partial charge in [-0.25, -0.2) is 0 Å². The van der Waals surface area contributed by atoms with Crippen molar-refractivity contribution >= 4 is 5.69 Å². The minimum absolute atomic E-state index is 0.637. The first-order valence-electron chi connectivity index (χ1n) is 7.55. The van der Waals surface area contributed by atoms with Crippen molar-refractivity contribution in [2.24, 2.45) is 11.8 Å². The molecule has 1 saturated carbocycles. The van der Waals surface area contributed by atoms with Gasteiger partial charge in [0.15, 0.2) is 0 Å². The molecule has 0 radical (unpaired) electrons. The van der Waals surface area contributed by atoms with Crippen LogP contribution in [0, 0.1) is 11.8 Å². The molecule has 3 unspecified atom stereocenters. The van der Waals surface area contributed by atoms with Crippen LogP contribution in [0.4, 0.5) is 5.69 Å². The van der Waals surface area contributed by atoms with E-state index in [1.807, 2.05) is 0 Å². The van der Waals surface area contributed by atoms with Crippen LogP contribution >= 0.6 is 0 Å². The van der Waals surface area contributed by atoms with E-state index < -0.39 is 0 Å². The second-order valence-electron chi connectivity index (χ2n) is 6.58. The smallest absolute Gasteiger partial charge is 0.0345 e. The van der Waals surface area contributed by atoms with Gasteiger partial charge in [-0.1, -0.05) is 32.4 Å². The van der Waals surface area contributed by atoms with Crippen LogP contribution in [0.3, 0.4) is 0 Å². The van der Waals surface area contributed by atoms with Gasteiger partial charge in [-0.3, -0.25) is 0 Å². The number of hydrogen-bond donors (Lipinski definition) is 1. The molecule has 0 aromatic heterocycles. The van der Waals surface area contributed by atoms with E-state index >= 15 is 0 Å². The average molecular weight is 260 g/mol. The van der Waals surface area contributed by atoms with Gasteiger partial charge in [0.2, 0.25) is 0 Å². The third-order valence-corrected chi connectivity index (χ3v) is 4.24. The van der Waals surface area contributed by atoms with Crippen molar-refractivity contribution in [2.75, 3.05) is 19.4 Å². The summed E-state index contributed by atoms with van der Waals surface area (Å²) in [6.07, 6.45) is 4.05. The van der Waals surface area contributed by atoms with E-state index in [-0.39, 0.29) is 0 Å². The molecule has 1 aliphatic carbocycles. The Morgan fingerprint density at radius 2 is 2.00 bits per heavy atom. The highest BCUT2D eigenvalue weighted by molar-refractivity contribution is 5.46. The van der Waals surface area contributed by atoms with E-state index in [4.69, 9.17) is 0 Å². The molecule has 2 nitrogen and oxygen atoms in total. The van der Waals surface area contributed by atoms with E-state index in [2.05, 4.69) is 62.4 Å². The Morgan fingerprint density at radius 1 is 1.21 bits per heavy atom. The molecule has 2 heteroatoms. The first-order valence-corrected chi connectivity index (χ1v) is 7.55. The maximum atomic E-state index is 3.76. The quantitative estimate of drug-likeness (QED) is 0.880. The fourth-order valence-electron chi connectivity index (χ4n) is 3.07. The third kappa shape index (κ3) is 4.24. The summed E-state index contributed by atoms with van der Waals surface area (Å²) in [5.41, 5.74) is 2.66. The molecule has 19 heavy (non-hydrogen) atoms. The molecular formula is C17H28N2. The average Bonchev–Trinajstić information content (AvgIpc) is 2.33. The number of nitrogens with one attached hydrogen (secondary N) is 1. The lowest BCUT2D eigenvalue weighted by Gasteiger charge is -2.34. The van der Waals surface area contributed by atoms with Gasteiger partial charge in [0.1, 0.15) is 0 Å². The summed E-state index contributed by atoms with van der Waals surface area (Å²) in [4.78, 5) is 2.21. The number of anilines is 1. The standard InChI is InChI=1S/C17H28N2/c1-13-8-9-14(2)17(10-13)18-16-7-5-6-15(11-16)12-19(3)4/h5-7,11,13-14,17-18H,8-10,12H2,1-4H3. The maximum Gasteiger partial charge on any atom is 0.0345 e. The van der Waals surface area contributed by atoms with Gasteiger partial charge >= 0.3 is 0 Å². The van der Waals surface area contributed by atoms with Crippen LogP contribution in [0.25, 0.3) is 0 Å². The zero-order valence-corrected chi connectivity index (χ0v) is 12.8. The highest BCUT2D eigenvalue weighted by Crippen LogP contribution is 2.30. The van der Waals surface area contributed by atoms with E-state index in [9.17, 15) is 0 Å². The topological polar surface area (TPSA) is 15.3 Å². The Hall–Kier alpha value is -1.02. The molecule has 0 saturated heterocycles. The van der Waals surface area contributed by atoms with Crippen molar-refractivity contribution in [1.29, 1.82) is 0 Å². The molecule has 1 fully saturated rings. The maximum absolute atomic E-state index is 3.76. The Labute approximate surface area is 118 Å². The highest BCUT2D eigenvalue weighted by Gasteiger charge is 2.25. The fourth-order valence-corrected chi connectivity index (χ4v) is 3.07. The molecule has 1 N–H and O–H groups in total. The Balaban J connectivity index is 2.01. The molecule has 1 aromatic carbocycles. The summed E-state index contributed by atoms with van der Waals surface area (Å²) in [5, 5.41) is 3.76. The van der Waals surface area contributed by atoms with E-state index in [0.717, 1.165) is 18.4 Å². The van der Waals surface area contributed by atoms with Gasteiger partial charge in [0.25, 0.3) is 0 Å². The Morgan fingerprint density at radius 3 is 2.74 bits per heavy atom. The second kappa shape index (κ2) is 6.42. The summed E-state index contributed by atoms with van der Waals surface area (Å²) in [7, 11) is 4.23. The van der Waals surface area contributed by atoms with Crippen molar-refractivity contribution in [2.45, 2.75) is 45.7 Å². The fraction of sp³-hybridized carbons (Fsp3) is 0.647. The molecule has 2 rings (SSSR count). The van der Waals surface area contributed by atoms with Crippen molar-refractivity contribution in [3.8, 4) is 0 Å². The van der Waals surface area contributed by atoms with Crippen molar-refractivity contribution in [3.63, 3.8) is 0 Å². The SMILES string of the molecule is CC1CCC(C)C(Nc2cccc(CN(C)C)c2)C1. The van der Waals surface area contributed by atoms with E-state index in [0.29, 0.717) is 6.04 Å². The molecule has 0 spiro atoms. The van der Waals surface area contributed by atoms with Crippen LogP contribution in [0.2, 0.25) is 0 Å². The lowest BCUT2D eigenvalue weighted by atomic mass is 9.80. The highest BCUT2D eigenvalue weighted by atomic mass is 15.0. The van der Waals surface area contributed by atoms with Crippen LogP contribution in [-0.2, 0) is 6.54 Å². The predicted octanol–water partition coefficient (Wildman–Crippen LogP) is 3.98. The summed E-state index contributed by atoms with van der Waals surface area (Å²) >= 11 is 0. The summed E-state index contributed by atoms with van der Waals surface area (Å²) in [6.45, 7) is 5.77. The molecule has 0 amide bonds. The van der Waals surface area contributed by atoms with Crippen LogP contribution < -0.4 is 5.32 Å². The zero-order valence-electron chi connectivity index (χ0n) is 12.8. The molecule has 0 aliphatic heterocycles. The van der Waals surface area contributed by atoms with Crippen LogP contribution in [0.1, 0.15) is 38.7 Å². The van der Waals surface area contributed by atoms with Gasteiger partial charge in [0.05, 0.1) is 0 Å². The molecule has 0 heterocycles. The third-order valence-electron chi connectivity index (χ3n) is 4.24. The Bertz CT molecular complexity index is 400. The van der Waals surface area contributed by atoms with E-state index in [1.165, 1.54) is 30.5 Å². The summed E-state index contributed by atoms with van der Waals surface area (Å²) in [5.74, 6) is 1.65. The summed E-state index contributed by atoms with van der Waals surface area (Å²) in [6, 6.07) is 9.51. The minimum atomic E-state index is 0.637. The zero-order chi connectivity index (χ0) is 13.8. The van der Waals surface area contributed by atoms with Gasteiger partial charge in [-0.15, -0.1) is 0 Å². The first kappa shape index (κ1) is 14.4. The van der Waals surface area contributed by atoms with Crippen molar-refractivity contribution in [1.82, 2.24) is 4.90 Å². The second-order valence-corrected chi connectivity index (χ2v) is 6.58. The number of benzene rings is 1. The lowest BCUT2D eigenvalue weighted by molar-refractivity contribution is 0.280. The van der Waals surface area contributed by atoms with E-state index in [1.54, 1.807) is 0 Å². The van der Waals surface area contributed by atoms with Crippen LogP contribution in [0.5, 0.6) is 0 Å². The number of rotatable bonds is 4. The van der Waals surface area contributed by atoms with Gasteiger partial charge < -0.3 is 10.2 Å². The largest absolute Gasteiger partial charge is 0.382 e. The van der Waals surface area contributed by atoms with Crippen LogP contribution in [-0.4, -0.2) is 25.0 Å². The molecular weight excluding hydrogens is 232 g/mol. The van der Waals surface area contributed by atoms with Gasteiger partial charge in [0, 0.05) is 18.3 Å². The van der Waals surface area contributed by atoms with Crippen molar-refractivity contribution in [3.05, 3.63) is 29.8 Å². The van der Waals surface area contributed by atoms with Gasteiger partial charge in [-0.2, -0.15) is 0 Å². The molecule has 1 aromatic rings. The van der Waals surface area contributed by atoms with Crippen LogP contribution in [0.15, 0.2) is 24.3 Å². The normalized spacial score (nSPS) is 27.5. The Kier molecular flexibility index (Phi) is 4.87. The minimum Gasteiger partial charge on any atom is -0.382 e. The molecule has 0 bridgehead atoms.